The van der Waals surface area contributed by atoms with Gasteiger partial charge in [-0.2, -0.15) is 0 Å². The van der Waals surface area contributed by atoms with Crippen molar-refractivity contribution in [1.82, 2.24) is 14.5 Å². The van der Waals surface area contributed by atoms with Gasteiger partial charge >= 0.3 is 0 Å². The van der Waals surface area contributed by atoms with E-state index >= 15 is 0 Å². The largest absolute Gasteiger partial charge is 0.329 e. The van der Waals surface area contributed by atoms with Crippen molar-refractivity contribution in [2.45, 2.75) is 13.5 Å². The maximum absolute atomic E-state index is 5.89. The Balaban J connectivity index is 2.07. The van der Waals surface area contributed by atoms with Crippen LogP contribution in [0.25, 0.3) is 11.2 Å². The zero-order chi connectivity index (χ0) is 13.4. The van der Waals surface area contributed by atoms with Crippen LogP contribution in [-0.2, 0) is 6.54 Å². The van der Waals surface area contributed by atoms with Crippen LogP contribution in [0.3, 0.4) is 0 Å². The van der Waals surface area contributed by atoms with E-state index in [1.807, 2.05) is 42.0 Å². The number of hydrogen-bond donors (Lipinski definition) is 1. The topological polar surface area (TPSA) is 33.6 Å². The predicted octanol–water partition coefficient (Wildman–Crippen LogP) is 4.10. The second kappa shape index (κ2) is 4.79. The molecule has 0 radical (unpaired) electrons. The lowest BCUT2D eigenvalue weighted by Gasteiger charge is -2.04. The number of hydrogen-bond acceptors (Lipinski definition) is 2. The van der Waals surface area contributed by atoms with Crippen molar-refractivity contribution in [3.05, 3.63) is 57.4 Å². The van der Waals surface area contributed by atoms with E-state index in [0.29, 0.717) is 11.3 Å². The SMILES string of the molecule is Cc1cnc2c(c1)[nH]c(=S)n2Cc1ccc(Cl)cc1. The van der Waals surface area contributed by atoms with Crippen molar-refractivity contribution >= 4 is 35.0 Å². The fraction of sp³-hybridized carbons (Fsp3) is 0.143. The summed E-state index contributed by atoms with van der Waals surface area (Å²) in [5.41, 5.74) is 4.11. The number of halogens is 1. The van der Waals surface area contributed by atoms with Crippen LogP contribution in [0.2, 0.25) is 5.02 Å². The monoisotopic (exact) mass is 289 g/mol. The maximum Gasteiger partial charge on any atom is 0.179 e. The number of aromatic amines is 1. The van der Waals surface area contributed by atoms with E-state index in [9.17, 15) is 0 Å². The quantitative estimate of drug-likeness (QED) is 0.721. The molecule has 5 heteroatoms. The van der Waals surface area contributed by atoms with Crippen molar-refractivity contribution < 1.29 is 0 Å². The first-order valence-electron chi connectivity index (χ1n) is 5.93. The lowest BCUT2D eigenvalue weighted by Crippen LogP contribution is -2.00. The minimum atomic E-state index is 0.683. The summed E-state index contributed by atoms with van der Waals surface area (Å²) in [7, 11) is 0. The van der Waals surface area contributed by atoms with Gasteiger partial charge < -0.3 is 4.98 Å². The van der Waals surface area contributed by atoms with E-state index in [1.165, 1.54) is 0 Å². The maximum atomic E-state index is 5.89. The number of rotatable bonds is 2. The number of imidazole rings is 1. The zero-order valence-corrected chi connectivity index (χ0v) is 11.9. The lowest BCUT2D eigenvalue weighted by atomic mass is 10.2. The highest BCUT2D eigenvalue weighted by Gasteiger charge is 2.06. The van der Waals surface area contributed by atoms with Crippen LogP contribution < -0.4 is 0 Å². The summed E-state index contributed by atoms with van der Waals surface area (Å²) in [6.07, 6.45) is 1.85. The first kappa shape index (κ1) is 12.4. The van der Waals surface area contributed by atoms with Gasteiger partial charge in [0.25, 0.3) is 0 Å². The molecule has 2 aromatic heterocycles. The number of nitrogens with zero attached hydrogens (tertiary/aromatic N) is 2. The number of nitrogens with one attached hydrogen (secondary N) is 1. The third kappa shape index (κ3) is 2.41. The molecular weight excluding hydrogens is 278 g/mol. The molecule has 3 nitrogen and oxygen atoms in total. The van der Waals surface area contributed by atoms with Crippen LogP contribution in [-0.4, -0.2) is 14.5 Å². The number of aromatic nitrogens is 3. The summed E-state index contributed by atoms with van der Waals surface area (Å²) in [5, 5.41) is 0.736. The first-order valence-corrected chi connectivity index (χ1v) is 6.72. The van der Waals surface area contributed by atoms with Crippen LogP contribution >= 0.6 is 23.8 Å². The van der Waals surface area contributed by atoms with Gasteiger partial charge in [-0.05, 0) is 48.5 Å². The minimum Gasteiger partial charge on any atom is -0.329 e. The summed E-state index contributed by atoms with van der Waals surface area (Å²) in [6.45, 7) is 2.70. The van der Waals surface area contributed by atoms with Gasteiger partial charge in [0.1, 0.15) is 0 Å². The van der Waals surface area contributed by atoms with Gasteiger partial charge in [0.05, 0.1) is 12.1 Å². The molecule has 0 bridgehead atoms. The average molecular weight is 290 g/mol. The predicted molar refractivity (Wildman–Crippen MR) is 80.2 cm³/mol. The van der Waals surface area contributed by atoms with Gasteiger partial charge in [-0.25, -0.2) is 4.98 Å². The molecule has 0 aliphatic heterocycles. The standard InChI is InChI=1S/C14H12ClN3S/c1-9-6-12-13(16-7-9)18(14(19)17-12)8-10-2-4-11(15)5-3-10/h2-7H,8H2,1H3,(H,17,19). The van der Waals surface area contributed by atoms with Gasteiger partial charge in [-0.3, -0.25) is 4.57 Å². The summed E-state index contributed by atoms with van der Waals surface area (Å²) in [5.74, 6) is 0. The highest BCUT2D eigenvalue weighted by atomic mass is 35.5. The Labute approximate surface area is 120 Å². The number of pyridine rings is 1. The smallest absolute Gasteiger partial charge is 0.179 e. The number of aryl methyl sites for hydroxylation is 1. The van der Waals surface area contributed by atoms with Crippen molar-refractivity contribution in [3.8, 4) is 0 Å². The van der Waals surface area contributed by atoms with Crippen molar-refractivity contribution in [2.24, 2.45) is 0 Å². The van der Waals surface area contributed by atoms with E-state index in [-0.39, 0.29) is 0 Å². The Morgan fingerprint density at radius 3 is 2.79 bits per heavy atom. The Bertz CT molecular complexity index is 787. The fourth-order valence-electron chi connectivity index (χ4n) is 2.07. The summed E-state index contributed by atoms with van der Waals surface area (Å²) in [6, 6.07) is 9.81. The van der Waals surface area contributed by atoms with E-state index in [4.69, 9.17) is 23.8 Å². The van der Waals surface area contributed by atoms with Crippen LogP contribution in [0, 0.1) is 11.7 Å². The minimum absolute atomic E-state index is 0.683. The van der Waals surface area contributed by atoms with Gasteiger partial charge in [-0.1, -0.05) is 23.7 Å². The second-order valence-electron chi connectivity index (χ2n) is 4.53. The molecule has 96 valence electrons. The third-order valence-corrected chi connectivity index (χ3v) is 3.57. The molecule has 1 N–H and O–H groups in total. The summed E-state index contributed by atoms with van der Waals surface area (Å²) < 4.78 is 2.68. The summed E-state index contributed by atoms with van der Waals surface area (Å²) in [4.78, 5) is 7.64. The molecule has 3 rings (SSSR count). The molecule has 0 unspecified atom stereocenters. The second-order valence-corrected chi connectivity index (χ2v) is 5.35. The molecule has 0 atom stereocenters. The number of fused-ring (bicyclic) bond motifs is 1. The van der Waals surface area contributed by atoms with Crippen molar-refractivity contribution in [1.29, 1.82) is 0 Å². The highest BCUT2D eigenvalue weighted by molar-refractivity contribution is 7.71. The first-order chi connectivity index (χ1) is 9.13. The van der Waals surface area contributed by atoms with Gasteiger partial charge in [0.2, 0.25) is 0 Å². The van der Waals surface area contributed by atoms with Gasteiger partial charge in [0.15, 0.2) is 10.4 Å². The molecule has 0 aliphatic carbocycles. The Hall–Kier alpha value is -1.65. The average Bonchev–Trinajstić information content (AvgIpc) is 2.68. The van der Waals surface area contributed by atoms with Gasteiger partial charge in [-0.15, -0.1) is 0 Å². The molecular formula is C14H12ClN3S. The molecule has 0 fully saturated rings. The van der Waals surface area contributed by atoms with Crippen LogP contribution in [0.5, 0.6) is 0 Å². The van der Waals surface area contributed by atoms with Crippen LogP contribution in [0.1, 0.15) is 11.1 Å². The van der Waals surface area contributed by atoms with E-state index < -0.39 is 0 Å². The Morgan fingerprint density at radius 2 is 2.05 bits per heavy atom. The Morgan fingerprint density at radius 1 is 1.32 bits per heavy atom. The normalized spacial score (nSPS) is 11.1. The fourth-order valence-corrected chi connectivity index (χ4v) is 2.45. The molecule has 0 spiro atoms. The molecule has 0 saturated heterocycles. The van der Waals surface area contributed by atoms with E-state index in [1.54, 1.807) is 0 Å². The van der Waals surface area contributed by atoms with Gasteiger partial charge in [0, 0.05) is 11.2 Å². The summed E-state index contributed by atoms with van der Waals surface area (Å²) >= 11 is 11.3. The molecule has 2 heterocycles. The zero-order valence-electron chi connectivity index (χ0n) is 10.4. The van der Waals surface area contributed by atoms with Crippen molar-refractivity contribution in [3.63, 3.8) is 0 Å². The highest BCUT2D eigenvalue weighted by Crippen LogP contribution is 2.16. The number of H-pyrrole nitrogens is 1. The molecule has 0 saturated carbocycles. The van der Waals surface area contributed by atoms with Crippen LogP contribution in [0.4, 0.5) is 0 Å². The van der Waals surface area contributed by atoms with Crippen molar-refractivity contribution in [2.75, 3.05) is 0 Å². The molecule has 1 aromatic carbocycles. The van der Waals surface area contributed by atoms with Crippen LogP contribution in [0.15, 0.2) is 36.5 Å². The van der Waals surface area contributed by atoms with E-state index in [0.717, 1.165) is 27.3 Å². The Kier molecular flexibility index (Phi) is 3.12. The lowest BCUT2D eigenvalue weighted by molar-refractivity contribution is 0.800. The molecule has 0 amide bonds. The molecule has 3 aromatic rings. The molecule has 0 aliphatic rings. The van der Waals surface area contributed by atoms with E-state index in [2.05, 4.69) is 16.0 Å². The number of benzene rings is 1. The third-order valence-electron chi connectivity index (χ3n) is 3.00. The molecule has 19 heavy (non-hydrogen) atoms.